The van der Waals surface area contributed by atoms with Crippen molar-refractivity contribution in [3.63, 3.8) is 0 Å². The first-order chi connectivity index (χ1) is 9.79. The minimum Gasteiger partial charge on any atom is -0.355 e. The van der Waals surface area contributed by atoms with Gasteiger partial charge in [0.2, 0.25) is 0 Å². The number of amides is 1. The van der Waals surface area contributed by atoms with E-state index < -0.39 is 0 Å². The van der Waals surface area contributed by atoms with E-state index in [1.165, 1.54) is 5.56 Å². The van der Waals surface area contributed by atoms with E-state index in [9.17, 15) is 4.79 Å². The molecule has 0 radical (unpaired) electrons. The Labute approximate surface area is 118 Å². The zero-order valence-electron chi connectivity index (χ0n) is 11.3. The summed E-state index contributed by atoms with van der Waals surface area (Å²) in [7, 11) is 1.65. The van der Waals surface area contributed by atoms with Gasteiger partial charge in [0.15, 0.2) is 0 Å². The number of nitrogens with one attached hydrogen (secondary N) is 1. The fraction of sp³-hybridized carbons (Fsp3) is 0.0556. The van der Waals surface area contributed by atoms with Gasteiger partial charge in [-0.05, 0) is 34.0 Å². The van der Waals surface area contributed by atoms with Crippen LogP contribution in [0.3, 0.4) is 0 Å². The summed E-state index contributed by atoms with van der Waals surface area (Å²) in [4.78, 5) is 11.9. The molecule has 3 aromatic rings. The molecule has 3 aromatic carbocycles. The van der Waals surface area contributed by atoms with Gasteiger partial charge in [0.1, 0.15) is 0 Å². The Bertz CT molecular complexity index is 763. The summed E-state index contributed by atoms with van der Waals surface area (Å²) in [6.45, 7) is 0. The number of hydrogen-bond acceptors (Lipinski definition) is 1. The Morgan fingerprint density at radius 1 is 0.850 bits per heavy atom. The van der Waals surface area contributed by atoms with E-state index in [0.29, 0.717) is 5.56 Å². The van der Waals surface area contributed by atoms with Crippen LogP contribution in [-0.4, -0.2) is 13.0 Å². The largest absolute Gasteiger partial charge is 0.355 e. The predicted molar refractivity (Wildman–Crippen MR) is 82.8 cm³/mol. The van der Waals surface area contributed by atoms with Crippen LogP contribution in [0.15, 0.2) is 66.7 Å². The van der Waals surface area contributed by atoms with Crippen LogP contribution in [0.5, 0.6) is 0 Å². The van der Waals surface area contributed by atoms with Crippen molar-refractivity contribution in [2.45, 2.75) is 0 Å². The lowest BCUT2D eigenvalue weighted by Gasteiger charge is -2.08. The van der Waals surface area contributed by atoms with Crippen LogP contribution in [0, 0.1) is 0 Å². The van der Waals surface area contributed by atoms with Crippen molar-refractivity contribution in [3.05, 3.63) is 72.3 Å². The fourth-order valence-electron chi connectivity index (χ4n) is 2.43. The molecule has 20 heavy (non-hydrogen) atoms. The van der Waals surface area contributed by atoms with E-state index in [1.54, 1.807) is 7.05 Å². The standard InChI is InChI=1S/C18H15NO/c1-19-18(20)17-9-5-8-15-12-14(10-11-16(15)17)13-6-3-2-4-7-13/h2-12H,1H3,(H,19,20). The molecule has 0 spiro atoms. The van der Waals surface area contributed by atoms with Gasteiger partial charge in [-0.2, -0.15) is 0 Å². The summed E-state index contributed by atoms with van der Waals surface area (Å²) < 4.78 is 0. The first-order valence-corrected chi connectivity index (χ1v) is 6.60. The van der Waals surface area contributed by atoms with Crippen LogP contribution < -0.4 is 5.32 Å². The molecule has 0 unspecified atom stereocenters. The van der Waals surface area contributed by atoms with Crippen LogP contribution in [-0.2, 0) is 0 Å². The summed E-state index contributed by atoms with van der Waals surface area (Å²) in [5.74, 6) is -0.0527. The number of carbonyl (C=O) groups is 1. The van der Waals surface area contributed by atoms with Crippen molar-refractivity contribution in [1.82, 2.24) is 5.32 Å². The zero-order valence-corrected chi connectivity index (χ0v) is 11.3. The van der Waals surface area contributed by atoms with Gasteiger partial charge in [0.25, 0.3) is 5.91 Å². The minimum absolute atomic E-state index is 0.0527. The van der Waals surface area contributed by atoms with Crippen molar-refractivity contribution in [3.8, 4) is 11.1 Å². The molecule has 0 saturated carbocycles. The monoisotopic (exact) mass is 261 g/mol. The fourth-order valence-corrected chi connectivity index (χ4v) is 2.43. The van der Waals surface area contributed by atoms with Gasteiger partial charge < -0.3 is 5.32 Å². The van der Waals surface area contributed by atoms with Gasteiger partial charge in [-0.1, -0.05) is 54.6 Å². The van der Waals surface area contributed by atoms with Gasteiger partial charge in [-0.3, -0.25) is 4.79 Å². The number of hydrogen-bond donors (Lipinski definition) is 1. The van der Waals surface area contributed by atoms with Crippen LogP contribution >= 0.6 is 0 Å². The van der Waals surface area contributed by atoms with Gasteiger partial charge >= 0.3 is 0 Å². The second kappa shape index (κ2) is 5.17. The maximum absolute atomic E-state index is 11.9. The third kappa shape index (κ3) is 2.16. The highest BCUT2D eigenvalue weighted by Gasteiger charge is 2.08. The van der Waals surface area contributed by atoms with Crippen LogP contribution in [0.2, 0.25) is 0 Å². The average Bonchev–Trinajstić information content (AvgIpc) is 2.54. The molecule has 98 valence electrons. The molecule has 0 atom stereocenters. The van der Waals surface area contributed by atoms with Crippen molar-refractivity contribution in [2.75, 3.05) is 7.05 Å². The first kappa shape index (κ1) is 12.4. The summed E-state index contributed by atoms with van der Waals surface area (Å²) in [6.07, 6.45) is 0. The number of benzene rings is 3. The number of carbonyl (C=O) groups excluding carboxylic acids is 1. The number of rotatable bonds is 2. The van der Waals surface area contributed by atoms with E-state index in [-0.39, 0.29) is 5.91 Å². The lowest BCUT2D eigenvalue weighted by molar-refractivity contribution is 0.0964. The van der Waals surface area contributed by atoms with Gasteiger partial charge in [-0.25, -0.2) is 0 Å². The molecule has 0 fully saturated rings. The molecule has 1 amide bonds. The lowest BCUT2D eigenvalue weighted by atomic mass is 9.98. The average molecular weight is 261 g/mol. The zero-order chi connectivity index (χ0) is 13.9. The summed E-state index contributed by atoms with van der Waals surface area (Å²) in [5.41, 5.74) is 3.05. The molecular formula is C18H15NO. The molecule has 0 saturated heterocycles. The van der Waals surface area contributed by atoms with Gasteiger partial charge in [-0.15, -0.1) is 0 Å². The topological polar surface area (TPSA) is 29.1 Å². The van der Waals surface area contributed by atoms with Crippen molar-refractivity contribution in [1.29, 1.82) is 0 Å². The van der Waals surface area contributed by atoms with Crippen LogP contribution in [0.25, 0.3) is 21.9 Å². The molecule has 0 bridgehead atoms. The molecule has 0 heterocycles. The third-order valence-corrected chi connectivity index (χ3v) is 3.46. The van der Waals surface area contributed by atoms with Gasteiger partial charge in [0, 0.05) is 12.6 Å². The predicted octanol–water partition coefficient (Wildman–Crippen LogP) is 3.87. The molecular weight excluding hydrogens is 246 g/mol. The maximum Gasteiger partial charge on any atom is 0.251 e. The lowest BCUT2D eigenvalue weighted by Crippen LogP contribution is -2.17. The summed E-state index contributed by atoms with van der Waals surface area (Å²) >= 11 is 0. The second-order valence-corrected chi connectivity index (χ2v) is 4.69. The van der Waals surface area contributed by atoms with E-state index in [0.717, 1.165) is 16.3 Å². The molecule has 0 aliphatic heterocycles. The maximum atomic E-state index is 11.9. The van der Waals surface area contributed by atoms with Crippen molar-refractivity contribution >= 4 is 16.7 Å². The summed E-state index contributed by atoms with van der Waals surface area (Å²) in [5, 5.41) is 4.74. The van der Waals surface area contributed by atoms with Gasteiger partial charge in [0.05, 0.1) is 0 Å². The van der Waals surface area contributed by atoms with Crippen molar-refractivity contribution < 1.29 is 4.79 Å². The van der Waals surface area contributed by atoms with E-state index in [1.807, 2.05) is 42.5 Å². The quantitative estimate of drug-likeness (QED) is 0.745. The molecule has 3 rings (SSSR count). The van der Waals surface area contributed by atoms with E-state index in [2.05, 4.69) is 29.6 Å². The smallest absolute Gasteiger partial charge is 0.251 e. The highest BCUT2D eigenvalue weighted by Crippen LogP contribution is 2.26. The third-order valence-electron chi connectivity index (χ3n) is 3.46. The molecule has 2 heteroatoms. The molecule has 1 N–H and O–H groups in total. The Kier molecular flexibility index (Phi) is 3.21. The Hall–Kier alpha value is -2.61. The Balaban J connectivity index is 2.16. The van der Waals surface area contributed by atoms with Crippen molar-refractivity contribution in [2.24, 2.45) is 0 Å². The summed E-state index contributed by atoms with van der Waals surface area (Å²) in [6, 6.07) is 22.2. The minimum atomic E-state index is -0.0527. The Morgan fingerprint density at radius 2 is 1.65 bits per heavy atom. The molecule has 2 nitrogen and oxygen atoms in total. The molecule has 0 aliphatic rings. The van der Waals surface area contributed by atoms with E-state index >= 15 is 0 Å². The Morgan fingerprint density at radius 3 is 2.40 bits per heavy atom. The normalized spacial score (nSPS) is 10.4. The molecule has 0 aromatic heterocycles. The number of fused-ring (bicyclic) bond motifs is 1. The van der Waals surface area contributed by atoms with Crippen LogP contribution in [0.1, 0.15) is 10.4 Å². The van der Waals surface area contributed by atoms with Crippen LogP contribution in [0.4, 0.5) is 0 Å². The molecule has 0 aliphatic carbocycles. The highest BCUT2D eigenvalue weighted by atomic mass is 16.1. The van der Waals surface area contributed by atoms with E-state index in [4.69, 9.17) is 0 Å². The second-order valence-electron chi connectivity index (χ2n) is 4.69. The SMILES string of the molecule is CNC(=O)c1cccc2cc(-c3ccccc3)ccc12. The first-order valence-electron chi connectivity index (χ1n) is 6.60. The highest BCUT2D eigenvalue weighted by molar-refractivity contribution is 6.07.